The molecule has 0 saturated heterocycles. The van der Waals surface area contributed by atoms with Crippen molar-refractivity contribution in [2.75, 3.05) is 13.2 Å². The molecule has 0 saturated carbocycles. The lowest BCUT2D eigenvalue weighted by Gasteiger charge is -2.14. The van der Waals surface area contributed by atoms with Gasteiger partial charge in [0.1, 0.15) is 5.56 Å². The molecule has 1 N–H and O–H groups in total. The molecule has 0 atom stereocenters. The fourth-order valence-corrected chi connectivity index (χ4v) is 1.87. The standard InChI is InChI=1S/C11H12BrFO4/c1-3-16-7-5-6(12)8(11(14)15)9(13)10(7)17-4-2/h5H,3-4H2,1-2H3,(H,14,15). The van der Waals surface area contributed by atoms with Gasteiger partial charge in [-0.05, 0) is 35.8 Å². The fraction of sp³-hybridized carbons (Fsp3) is 0.364. The summed E-state index contributed by atoms with van der Waals surface area (Å²) >= 11 is 3.00. The number of hydrogen-bond acceptors (Lipinski definition) is 3. The largest absolute Gasteiger partial charge is 0.490 e. The molecule has 0 heterocycles. The summed E-state index contributed by atoms with van der Waals surface area (Å²) < 4.78 is 24.3. The van der Waals surface area contributed by atoms with Gasteiger partial charge in [-0.1, -0.05) is 0 Å². The highest BCUT2D eigenvalue weighted by Gasteiger charge is 2.23. The van der Waals surface area contributed by atoms with Gasteiger partial charge in [0.15, 0.2) is 17.3 Å². The predicted octanol–water partition coefficient (Wildman–Crippen LogP) is 3.08. The molecule has 0 radical (unpaired) electrons. The normalized spacial score (nSPS) is 10.1. The lowest BCUT2D eigenvalue weighted by molar-refractivity contribution is 0.0689. The molecule has 0 unspecified atom stereocenters. The van der Waals surface area contributed by atoms with Crippen molar-refractivity contribution >= 4 is 21.9 Å². The van der Waals surface area contributed by atoms with Crippen LogP contribution in [-0.4, -0.2) is 24.3 Å². The van der Waals surface area contributed by atoms with Gasteiger partial charge in [-0.3, -0.25) is 0 Å². The molecule has 0 aliphatic heterocycles. The second-order valence-corrected chi connectivity index (χ2v) is 3.90. The third kappa shape index (κ3) is 2.88. The maximum absolute atomic E-state index is 13.9. The molecule has 0 aromatic heterocycles. The highest BCUT2D eigenvalue weighted by Crippen LogP contribution is 2.37. The molecule has 0 amide bonds. The molecule has 4 nitrogen and oxygen atoms in total. The third-order valence-electron chi connectivity index (χ3n) is 1.94. The number of halogens is 2. The Bertz CT molecular complexity index is 434. The zero-order valence-electron chi connectivity index (χ0n) is 9.42. The van der Waals surface area contributed by atoms with Crippen LogP contribution < -0.4 is 9.47 Å². The maximum atomic E-state index is 13.9. The molecule has 0 spiro atoms. The van der Waals surface area contributed by atoms with Crippen molar-refractivity contribution in [1.82, 2.24) is 0 Å². The number of rotatable bonds is 5. The maximum Gasteiger partial charge on any atom is 0.340 e. The number of aromatic carboxylic acids is 1. The van der Waals surface area contributed by atoms with E-state index in [1.54, 1.807) is 13.8 Å². The molecular weight excluding hydrogens is 295 g/mol. The topological polar surface area (TPSA) is 55.8 Å². The molecule has 0 bridgehead atoms. The van der Waals surface area contributed by atoms with Crippen LogP contribution in [0.4, 0.5) is 4.39 Å². The number of hydrogen-bond donors (Lipinski definition) is 1. The first-order chi connectivity index (χ1) is 8.02. The van der Waals surface area contributed by atoms with Crippen LogP contribution in [0, 0.1) is 5.82 Å². The van der Waals surface area contributed by atoms with Crippen molar-refractivity contribution in [2.24, 2.45) is 0 Å². The third-order valence-corrected chi connectivity index (χ3v) is 2.57. The van der Waals surface area contributed by atoms with E-state index in [-0.39, 0.29) is 22.6 Å². The molecule has 17 heavy (non-hydrogen) atoms. The minimum Gasteiger partial charge on any atom is -0.490 e. The van der Waals surface area contributed by atoms with Gasteiger partial charge in [-0.2, -0.15) is 0 Å². The Hall–Kier alpha value is -1.30. The zero-order chi connectivity index (χ0) is 13.0. The Balaban J connectivity index is 3.40. The Morgan fingerprint density at radius 2 is 2.00 bits per heavy atom. The molecule has 0 aliphatic carbocycles. The van der Waals surface area contributed by atoms with Crippen molar-refractivity contribution in [1.29, 1.82) is 0 Å². The summed E-state index contributed by atoms with van der Waals surface area (Å²) in [5, 5.41) is 8.89. The van der Waals surface area contributed by atoms with Gasteiger partial charge in [0, 0.05) is 4.47 Å². The quantitative estimate of drug-likeness (QED) is 0.908. The summed E-state index contributed by atoms with van der Waals surface area (Å²) in [5.41, 5.74) is -0.461. The van der Waals surface area contributed by atoms with E-state index in [0.717, 1.165) is 0 Å². The van der Waals surface area contributed by atoms with Crippen molar-refractivity contribution in [3.05, 3.63) is 21.9 Å². The van der Waals surface area contributed by atoms with Crippen LogP contribution in [0.25, 0.3) is 0 Å². The smallest absolute Gasteiger partial charge is 0.340 e. The van der Waals surface area contributed by atoms with Crippen LogP contribution in [0.3, 0.4) is 0 Å². The fourth-order valence-electron chi connectivity index (χ4n) is 1.32. The van der Waals surface area contributed by atoms with E-state index < -0.39 is 17.3 Å². The predicted molar refractivity (Wildman–Crippen MR) is 63.4 cm³/mol. The van der Waals surface area contributed by atoms with Gasteiger partial charge in [-0.15, -0.1) is 0 Å². The van der Waals surface area contributed by atoms with Crippen molar-refractivity contribution < 1.29 is 23.8 Å². The second kappa shape index (κ2) is 5.86. The molecule has 0 fully saturated rings. The van der Waals surface area contributed by atoms with E-state index in [1.807, 2.05) is 0 Å². The zero-order valence-corrected chi connectivity index (χ0v) is 11.0. The van der Waals surface area contributed by atoms with Crippen LogP contribution in [-0.2, 0) is 0 Å². The minimum absolute atomic E-state index is 0.120. The molecule has 1 aromatic carbocycles. The Morgan fingerprint density at radius 1 is 1.41 bits per heavy atom. The first-order valence-electron chi connectivity index (χ1n) is 5.03. The number of carbonyl (C=O) groups is 1. The van der Waals surface area contributed by atoms with E-state index in [0.29, 0.717) is 6.61 Å². The van der Waals surface area contributed by atoms with E-state index >= 15 is 0 Å². The SMILES string of the molecule is CCOc1cc(Br)c(C(=O)O)c(F)c1OCC. The highest BCUT2D eigenvalue weighted by atomic mass is 79.9. The van der Waals surface area contributed by atoms with Gasteiger partial charge in [0.05, 0.1) is 13.2 Å². The first-order valence-corrected chi connectivity index (χ1v) is 5.83. The number of ether oxygens (including phenoxy) is 2. The van der Waals surface area contributed by atoms with Gasteiger partial charge in [0.25, 0.3) is 0 Å². The minimum atomic E-state index is -1.36. The first kappa shape index (κ1) is 13.8. The molecule has 1 aromatic rings. The summed E-state index contributed by atoms with van der Waals surface area (Å²) in [7, 11) is 0. The average molecular weight is 307 g/mol. The van der Waals surface area contributed by atoms with Crippen LogP contribution in [0.2, 0.25) is 0 Å². The van der Waals surface area contributed by atoms with Crippen molar-refractivity contribution in [2.45, 2.75) is 13.8 Å². The van der Waals surface area contributed by atoms with Gasteiger partial charge >= 0.3 is 5.97 Å². The highest BCUT2D eigenvalue weighted by molar-refractivity contribution is 9.10. The summed E-state index contributed by atoms with van der Waals surface area (Å²) in [6.07, 6.45) is 0. The van der Waals surface area contributed by atoms with E-state index in [2.05, 4.69) is 15.9 Å². The molecule has 6 heteroatoms. The number of carboxylic acids is 1. The van der Waals surface area contributed by atoms with Crippen LogP contribution in [0.15, 0.2) is 10.5 Å². The van der Waals surface area contributed by atoms with Crippen molar-refractivity contribution in [3.63, 3.8) is 0 Å². The second-order valence-electron chi connectivity index (χ2n) is 3.05. The molecular formula is C11H12BrFO4. The Kier molecular flexibility index (Phi) is 4.74. The van der Waals surface area contributed by atoms with E-state index in [9.17, 15) is 9.18 Å². The lowest BCUT2D eigenvalue weighted by atomic mass is 10.2. The summed E-state index contributed by atoms with van der Waals surface area (Å²) in [4.78, 5) is 10.9. The number of carboxylic acid groups (broad SMARTS) is 1. The molecule has 94 valence electrons. The molecule has 1 rings (SSSR count). The number of benzene rings is 1. The summed E-state index contributed by atoms with van der Waals surface area (Å²) in [6.45, 7) is 3.97. The van der Waals surface area contributed by atoms with Gasteiger partial charge in [-0.25, -0.2) is 9.18 Å². The van der Waals surface area contributed by atoms with Crippen LogP contribution in [0.1, 0.15) is 24.2 Å². The monoisotopic (exact) mass is 306 g/mol. The van der Waals surface area contributed by atoms with E-state index in [1.165, 1.54) is 6.07 Å². The van der Waals surface area contributed by atoms with Crippen LogP contribution >= 0.6 is 15.9 Å². The Morgan fingerprint density at radius 3 is 2.47 bits per heavy atom. The van der Waals surface area contributed by atoms with E-state index in [4.69, 9.17) is 14.6 Å². The summed E-state index contributed by atoms with van der Waals surface area (Å²) in [6, 6.07) is 1.39. The van der Waals surface area contributed by atoms with Gasteiger partial charge < -0.3 is 14.6 Å². The summed E-state index contributed by atoms with van der Waals surface area (Å²) in [5.74, 6) is -2.28. The van der Waals surface area contributed by atoms with Crippen LogP contribution in [0.5, 0.6) is 11.5 Å². The Labute approximate surface area is 106 Å². The van der Waals surface area contributed by atoms with Crippen molar-refractivity contribution in [3.8, 4) is 11.5 Å². The van der Waals surface area contributed by atoms with Gasteiger partial charge in [0.2, 0.25) is 0 Å². The average Bonchev–Trinajstić information content (AvgIpc) is 2.23. The molecule has 0 aliphatic rings. The lowest BCUT2D eigenvalue weighted by Crippen LogP contribution is -2.07.